The standard InChI is InChI=1S/C18H31N3/c1-14(2)19-12-16-13-20-15(3)11-17(16)21-9-6-7-18(4,5)8-10-21/h11,13-14,19H,6-10,12H2,1-5H3. The molecule has 0 atom stereocenters. The largest absolute Gasteiger partial charge is 0.371 e. The molecule has 2 heterocycles. The van der Waals surface area contributed by atoms with E-state index in [-0.39, 0.29) is 0 Å². The zero-order valence-corrected chi connectivity index (χ0v) is 14.4. The quantitative estimate of drug-likeness (QED) is 0.911. The molecule has 3 heteroatoms. The van der Waals surface area contributed by atoms with E-state index in [4.69, 9.17) is 0 Å². The minimum atomic E-state index is 0.479. The molecule has 1 aliphatic rings. The number of aromatic nitrogens is 1. The predicted octanol–water partition coefficient (Wildman–Crippen LogP) is 3.90. The van der Waals surface area contributed by atoms with Gasteiger partial charge in [0.05, 0.1) is 0 Å². The summed E-state index contributed by atoms with van der Waals surface area (Å²) in [5.41, 5.74) is 4.30. The number of hydrogen-bond donors (Lipinski definition) is 1. The van der Waals surface area contributed by atoms with Gasteiger partial charge in [0.2, 0.25) is 0 Å². The minimum Gasteiger partial charge on any atom is -0.371 e. The topological polar surface area (TPSA) is 28.2 Å². The number of nitrogens with one attached hydrogen (secondary N) is 1. The van der Waals surface area contributed by atoms with E-state index < -0.39 is 0 Å². The molecule has 0 unspecified atom stereocenters. The third-order valence-electron chi connectivity index (χ3n) is 4.48. The first-order chi connectivity index (χ1) is 9.87. The maximum atomic E-state index is 4.50. The Balaban J connectivity index is 2.18. The van der Waals surface area contributed by atoms with E-state index in [0.29, 0.717) is 11.5 Å². The summed E-state index contributed by atoms with van der Waals surface area (Å²) in [6.07, 6.45) is 5.93. The van der Waals surface area contributed by atoms with Gasteiger partial charge in [-0.2, -0.15) is 0 Å². The number of anilines is 1. The number of hydrogen-bond acceptors (Lipinski definition) is 3. The molecule has 0 saturated carbocycles. The van der Waals surface area contributed by atoms with Gasteiger partial charge in [-0.3, -0.25) is 4.98 Å². The molecule has 1 N–H and O–H groups in total. The van der Waals surface area contributed by atoms with Crippen LogP contribution in [0.3, 0.4) is 0 Å². The minimum absolute atomic E-state index is 0.479. The van der Waals surface area contributed by atoms with Crippen molar-refractivity contribution in [2.45, 2.75) is 66.5 Å². The molecule has 0 aliphatic carbocycles. The normalized spacial score (nSPS) is 18.9. The van der Waals surface area contributed by atoms with Crippen molar-refractivity contribution in [3.63, 3.8) is 0 Å². The average Bonchev–Trinajstić information content (AvgIpc) is 2.58. The Morgan fingerprint density at radius 3 is 2.76 bits per heavy atom. The van der Waals surface area contributed by atoms with Crippen LogP contribution in [0.2, 0.25) is 0 Å². The van der Waals surface area contributed by atoms with Crippen molar-refractivity contribution in [3.8, 4) is 0 Å². The summed E-state index contributed by atoms with van der Waals surface area (Å²) in [5, 5.41) is 3.53. The van der Waals surface area contributed by atoms with Crippen LogP contribution in [-0.4, -0.2) is 24.1 Å². The highest BCUT2D eigenvalue weighted by Crippen LogP contribution is 2.32. The molecular formula is C18H31N3. The van der Waals surface area contributed by atoms with Crippen LogP contribution in [0.15, 0.2) is 12.3 Å². The Bertz CT molecular complexity index is 466. The molecule has 0 amide bonds. The lowest BCUT2D eigenvalue weighted by atomic mass is 9.85. The molecule has 1 aromatic heterocycles. The SMILES string of the molecule is Cc1cc(N2CCCC(C)(C)CC2)c(CNC(C)C)cn1. The van der Waals surface area contributed by atoms with Crippen molar-refractivity contribution in [1.29, 1.82) is 0 Å². The maximum absolute atomic E-state index is 4.50. The van der Waals surface area contributed by atoms with Crippen molar-refractivity contribution < 1.29 is 0 Å². The van der Waals surface area contributed by atoms with Crippen molar-refractivity contribution in [3.05, 3.63) is 23.5 Å². The van der Waals surface area contributed by atoms with E-state index in [1.165, 1.54) is 37.1 Å². The van der Waals surface area contributed by atoms with Gasteiger partial charge in [0.15, 0.2) is 0 Å². The number of rotatable bonds is 4. The van der Waals surface area contributed by atoms with Gasteiger partial charge in [0.25, 0.3) is 0 Å². The fraction of sp³-hybridized carbons (Fsp3) is 0.722. The molecule has 1 aliphatic heterocycles. The van der Waals surface area contributed by atoms with Gasteiger partial charge in [0, 0.05) is 48.8 Å². The van der Waals surface area contributed by atoms with Gasteiger partial charge in [-0.05, 0) is 37.7 Å². The number of pyridine rings is 1. The fourth-order valence-electron chi connectivity index (χ4n) is 2.98. The average molecular weight is 289 g/mol. The summed E-state index contributed by atoms with van der Waals surface area (Å²) in [4.78, 5) is 7.07. The first kappa shape index (κ1) is 16.3. The second-order valence-electron chi connectivity index (χ2n) is 7.49. The van der Waals surface area contributed by atoms with E-state index in [0.717, 1.165) is 18.8 Å². The van der Waals surface area contributed by atoms with Crippen molar-refractivity contribution >= 4 is 5.69 Å². The molecule has 0 radical (unpaired) electrons. The highest BCUT2D eigenvalue weighted by Gasteiger charge is 2.24. The summed E-state index contributed by atoms with van der Waals surface area (Å²) in [6.45, 7) is 14.5. The van der Waals surface area contributed by atoms with E-state index in [2.05, 4.69) is 62.1 Å². The van der Waals surface area contributed by atoms with Crippen LogP contribution in [0, 0.1) is 12.3 Å². The van der Waals surface area contributed by atoms with E-state index in [1.807, 2.05) is 0 Å². The molecule has 0 aromatic carbocycles. The third-order valence-corrected chi connectivity index (χ3v) is 4.48. The van der Waals surface area contributed by atoms with Gasteiger partial charge in [-0.1, -0.05) is 27.7 Å². The molecular weight excluding hydrogens is 258 g/mol. The summed E-state index contributed by atoms with van der Waals surface area (Å²) < 4.78 is 0. The van der Waals surface area contributed by atoms with Crippen LogP contribution >= 0.6 is 0 Å². The Morgan fingerprint density at radius 1 is 1.29 bits per heavy atom. The van der Waals surface area contributed by atoms with Gasteiger partial charge in [-0.15, -0.1) is 0 Å². The van der Waals surface area contributed by atoms with Crippen molar-refractivity contribution in [2.24, 2.45) is 5.41 Å². The van der Waals surface area contributed by atoms with Crippen LogP contribution in [0.4, 0.5) is 5.69 Å². The number of aryl methyl sites for hydroxylation is 1. The first-order valence-electron chi connectivity index (χ1n) is 8.31. The molecule has 21 heavy (non-hydrogen) atoms. The molecule has 2 rings (SSSR count). The smallest absolute Gasteiger partial charge is 0.0445 e. The molecule has 1 fully saturated rings. The Hall–Kier alpha value is -1.09. The Morgan fingerprint density at radius 2 is 2.05 bits per heavy atom. The van der Waals surface area contributed by atoms with Crippen molar-refractivity contribution in [1.82, 2.24) is 10.3 Å². The molecule has 3 nitrogen and oxygen atoms in total. The van der Waals surface area contributed by atoms with Crippen molar-refractivity contribution in [2.75, 3.05) is 18.0 Å². The second kappa shape index (κ2) is 6.78. The van der Waals surface area contributed by atoms with E-state index in [1.54, 1.807) is 0 Å². The molecule has 0 bridgehead atoms. The van der Waals surface area contributed by atoms with Gasteiger partial charge >= 0.3 is 0 Å². The monoisotopic (exact) mass is 289 g/mol. The Kier molecular flexibility index (Phi) is 5.26. The van der Waals surface area contributed by atoms with Crippen LogP contribution in [0.5, 0.6) is 0 Å². The molecule has 118 valence electrons. The van der Waals surface area contributed by atoms with E-state index >= 15 is 0 Å². The first-order valence-corrected chi connectivity index (χ1v) is 8.31. The summed E-state index contributed by atoms with van der Waals surface area (Å²) in [5.74, 6) is 0. The van der Waals surface area contributed by atoms with Crippen LogP contribution in [0.25, 0.3) is 0 Å². The zero-order chi connectivity index (χ0) is 15.5. The lowest BCUT2D eigenvalue weighted by Crippen LogP contribution is -2.28. The zero-order valence-electron chi connectivity index (χ0n) is 14.4. The summed E-state index contributed by atoms with van der Waals surface area (Å²) in [6, 6.07) is 2.76. The molecule has 0 spiro atoms. The lowest BCUT2D eigenvalue weighted by Gasteiger charge is -2.27. The van der Waals surface area contributed by atoms with Crippen LogP contribution in [-0.2, 0) is 6.54 Å². The summed E-state index contributed by atoms with van der Waals surface area (Å²) in [7, 11) is 0. The van der Waals surface area contributed by atoms with Gasteiger partial charge < -0.3 is 10.2 Å². The Labute approximate surface area is 130 Å². The predicted molar refractivity (Wildman–Crippen MR) is 90.8 cm³/mol. The number of nitrogens with zero attached hydrogens (tertiary/aromatic N) is 2. The van der Waals surface area contributed by atoms with Crippen LogP contribution < -0.4 is 10.2 Å². The van der Waals surface area contributed by atoms with Gasteiger partial charge in [-0.25, -0.2) is 0 Å². The lowest BCUT2D eigenvalue weighted by molar-refractivity contribution is 0.325. The third kappa shape index (κ3) is 4.70. The van der Waals surface area contributed by atoms with E-state index in [9.17, 15) is 0 Å². The fourth-order valence-corrected chi connectivity index (χ4v) is 2.98. The van der Waals surface area contributed by atoms with Crippen LogP contribution in [0.1, 0.15) is 58.2 Å². The molecule has 1 saturated heterocycles. The highest BCUT2D eigenvalue weighted by molar-refractivity contribution is 5.53. The summed E-state index contributed by atoms with van der Waals surface area (Å²) >= 11 is 0. The highest BCUT2D eigenvalue weighted by atomic mass is 15.1. The maximum Gasteiger partial charge on any atom is 0.0445 e. The second-order valence-corrected chi connectivity index (χ2v) is 7.49. The van der Waals surface area contributed by atoms with Gasteiger partial charge in [0.1, 0.15) is 0 Å². The molecule has 1 aromatic rings.